The summed E-state index contributed by atoms with van der Waals surface area (Å²) >= 11 is 0. The van der Waals surface area contributed by atoms with Gasteiger partial charge in [0.05, 0.1) is 0 Å². The Balaban J connectivity index is 2.96. The first-order valence-electron chi connectivity index (χ1n) is 5.58. The Morgan fingerprint density at radius 1 is 1.62 bits per heavy atom. The molecule has 0 radical (unpaired) electrons. The first kappa shape index (κ1) is 12.5. The van der Waals surface area contributed by atoms with E-state index in [0.717, 1.165) is 17.9 Å². The standard InChI is InChI=1S/C12H20N4/c1-5-6-7-14-11(13)12-15-8-10(9(2)3)16(12)4/h6-9H,5H2,1-4H3,(H2,13,14)/b7-6+. The summed E-state index contributed by atoms with van der Waals surface area (Å²) < 4.78 is 1.99. The van der Waals surface area contributed by atoms with Gasteiger partial charge in [0, 0.05) is 25.1 Å². The number of nitrogens with zero attached hydrogens (tertiary/aromatic N) is 3. The van der Waals surface area contributed by atoms with Gasteiger partial charge in [-0.3, -0.25) is 0 Å². The maximum atomic E-state index is 5.87. The molecule has 0 atom stereocenters. The van der Waals surface area contributed by atoms with E-state index < -0.39 is 0 Å². The van der Waals surface area contributed by atoms with Gasteiger partial charge in [-0.15, -0.1) is 0 Å². The molecule has 0 amide bonds. The molecule has 4 nitrogen and oxygen atoms in total. The summed E-state index contributed by atoms with van der Waals surface area (Å²) in [5.74, 6) is 1.62. The molecule has 1 aromatic rings. The molecule has 0 unspecified atom stereocenters. The van der Waals surface area contributed by atoms with Crippen molar-refractivity contribution in [3.8, 4) is 0 Å². The summed E-state index contributed by atoms with van der Waals surface area (Å²) in [5.41, 5.74) is 7.03. The first-order chi connectivity index (χ1) is 7.57. The lowest BCUT2D eigenvalue weighted by Crippen LogP contribution is -2.19. The molecule has 0 bridgehead atoms. The second-order valence-electron chi connectivity index (χ2n) is 4.03. The Morgan fingerprint density at radius 2 is 2.31 bits per heavy atom. The summed E-state index contributed by atoms with van der Waals surface area (Å²) in [7, 11) is 1.96. The Morgan fingerprint density at radius 3 is 2.81 bits per heavy atom. The van der Waals surface area contributed by atoms with Gasteiger partial charge in [0.2, 0.25) is 0 Å². The Labute approximate surface area is 96.9 Å². The van der Waals surface area contributed by atoms with Crippen molar-refractivity contribution in [2.45, 2.75) is 33.1 Å². The highest BCUT2D eigenvalue weighted by molar-refractivity contribution is 5.94. The highest BCUT2D eigenvalue weighted by Gasteiger charge is 2.11. The molecule has 0 saturated carbocycles. The lowest BCUT2D eigenvalue weighted by atomic mass is 10.1. The van der Waals surface area contributed by atoms with Gasteiger partial charge in [0.1, 0.15) is 0 Å². The van der Waals surface area contributed by atoms with Crippen LogP contribution < -0.4 is 5.73 Å². The zero-order valence-electron chi connectivity index (χ0n) is 10.4. The van der Waals surface area contributed by atoms with Gasteiger partial charge in [0.15, 0.2) is 11.7 Å². The number of amidine groups is 1. The highest BCUT2D eigenvalue weighted by atomic mass is 15.1. The van der Waals surface area contributed by atoms with E-state index in [1.165, 1.54) is 0 Å². The van der Waals surface area contributed by atoms with Crippen molar-refractivity contribution in [2.75, 3.05) is 0 Å². The topological polar surface area (TPSA) is 56.2 Å². The van der Waals surface area contributed by atoms with Crippen molar-refractivity contribution >= 4 is 5.84 Å². The number of rotatable bonds is 4. The molecule has 0 fully saturated rings. The number of hydrogen-bond donors (Lipinski definition) is 1. The van der Waals surface area contributed by atoms with Crippen molar-refractivity contribution in [3.05, 3.63) is 30.0 Å². The van der Waals surface area contributed by atoms with E-state index in [0.29, 0.717) is 11.8 Å². The van der Waals surface area contributed by atoms with E-state index in [-0.39, 0.29) is 0 Å². The van der Waals surface area contributed by atoms with Crippen LogP contribution in [-0.2, 0) is 7.05 Å². The lowest BCUT2D eigenvalue weighted by molar-refractivity contribution is 0.735. The second-order valence-corrected chi connectivity index (χ2v) is 4.03. The van der Waals surface area contributed by atoms with Gasteiger partial charge in [0.25, 0.3) is 0 Å². The minimum atomic E-state index is 0.435. The van der Waals surface area contributed by atoms with Gasteiger partial charge in [-0.1, -0.05) is 26.8 Å². The van der Waals surface area contributed by atoms with E-state index in [1.54, 1.807) is 6.20 Å². The molecule has 0 aliphatic carbocycles. The Bertz CT molecular complexity index is 399. The zero-order chi connectivity index (χ0) is 12.1. The van der Waals surface area contributed by atoms with Crippen molar-refractivity contribution in [2.24, 2.45) is 17.8 Å². The summed E-state index contributed by atoms with van der Waals surface area (Å²) in [4.78, 5) is 8.44. The molecule has 4 heteroatoms. The van der Waals surface area contributed by atoms with Crippen LogP contribution in [0.25, 0.3) is 0 Å². The lowest BCUT2D eigenvalue weighted by Gasteiger charge is -2.07. The molecule has 0 spiro atoms. The van der Waals surface area contributed by atoms with Crippen LogP contribution in [-0.4, -0.2) is 15.4 Å². The molecule has 1 rings (SSSR count). The number of nitrogens with two attached hydrogens (primary N) is 1. The predicted octanol–water partition coefficient (Wildman–Crippen LogP) is 2.17. The molecule has 0 saturated heterocycles. The molecule has 88 valence electrons. The number of aliphatic imine (C=N–C) groups is 1. The van der Waals surface area contributed by atoms with Crippen LogP contribution in [0.1, 0.15) is 44.6 Å². The van der Waals surface area contributed by atoms with Gasteiger partial charge in [-0.05, 0) is 12.3 Å². The van der Waals surface area contributed by atoms with Crippen LogP contribution in [0.3, 0.4) is 0 Å². The fourth-order valence-corrected chi connectivity index (χ4v) is 1.49. The van der Waals surface area contributed by atoms with Crippen molar-refractivity contribution in [3.63, 3.8) is 0 Å². The van der Waals surface area contributed by atoms with Crippen molar-refractivity contribution in [1.82, 2.24) is 9.55 Å². The molecular weight excluding hydrogens is 200 g/mol. The van der Waals surface area contributed by atoms with Crippen LogP contribution in [0.4, 0.5) is 0 Å². The average Bonchev–Trinajstić information content (AvgIpc) is 2.60. The van der Waals surface area contributed by atoms with Crippen LogP contribution >= 0.6 is 0 Å². The monoisotopic (exact) mass is 220 g/mol. The van der Waals surface area contributed by atoms with Crippen LogP contribution in [0.2, 0.25) is 0 Å². The maximum absolute atomic E-state index is 5.87. The molecule has 0 aliphatic heterocycles. The predicted molar refractivity (Wildman–Crippen MR) is 67.5 cm³/mol. The smallest absolute Gasteiger partial charge is 0.175 e. The van der Waals surface area contributed by atoms with Crippen molar-refractivity contribution < 1.29 is 0 Å². The minimum Gasteiger partial charge on any atom is -0.381 e. The molecule has 1 heterocycles. The zero-order valence-corrected chi connectivity index (χ0v) is 10.4. The fraction of sp³-hybridized carbons (Fsp3) is 0.500. The second kappa shape index (κ2) is 5.49. The number of hydrogen-bond acceptors (Lipinski definition) is 2. The van der Waals surface area contributed by atoms with E-state index in [4.69, 9.17) is 5.73 Å². The van der Waals surface area contributed by atoms with E-state index in [9.17, 15) is 0 Å². The van der Waals surface area contributed by atoms with E-state index in [1.807, 2.05) is 23.9 Å². The van der Waals surface area contributed by atoms with E-state index in [2.05, 4.69) is 30.7 Å². The first-order valence-corrected chi connectivity index (χ1v) is 5.58. The number of aromatic nitrogens is 2. The summed E-state index contributed by atoms with van der Waals surface area (Å²) in [6.45, 7) is 6.32. The third-order valence-corrected chi connectivity index (χ3v) is 2.40. The van der Waals surface area contributed by atoms with Gasteiger partial charge in [-0.25, -0.2) is 9.98 Å². The average molecular weight is 220 g/mol. The fourth-order valence-electron chi connectivity index (χ4n) is 1.49. The van der Waals surface area contributed by atoms with Crippen molar-refractivity contribution in [1.29, 1.82) is 0 Å². The van der Waals surface area contributed by atoms with Gasteiger partial charge < -0.3 is 10.3 Å². The summed E-state index contributed by atoms with van der Waals surface area (Å²) in [5, 5.41) is 0. The molecule has 2 N–H and O–H groups in total. The minimum absolute atomic E-state index is 0.435. The van der Waals surface area contributed by atoms with Crippen LogP contribution in [0.15, 0.2) is 23.5 Å². The van der Waals surface area contributed by atoms with Crippen LogP contribution in [0, 0.1) is 0 Å². The molecule has 1 aromatic heterocycles. The van der Waals surface area contributed by atoms with E-state index >= 15 is 0 Å². The number of allylic oxidation sites excluding steroid dienone is 1. The summed E-state index contributed by atoms with van der Waals surface area (Å²) in [6, 6.07) is 0. The number of imidazole rings is 1. The third-order valence-electron chi connectivity index (χ3n) is 2.40. The van der Waals surface area contributed by atoms with Gasteiger partial charge >= 0.3 is 0 Å². The molecule has 0 aliphatic rings. The maximum Gasteiger partial charge on any atom is 0.175 e. The largest absolute Gasteiger partial charge is 0.381 e. The quantitative estimate of drug-likeness (QED) is 0.624. The molecular formula is C12H20N4. The third kappa shape index (κ3) is 2.72. The SMILES string of the molecule is CC/C=C/N=C(N)c1ncc(C(C)C)n1C. The van der Waals surface area contributed by atoms with Crippen LogP contribution in [0.5, 0.6) is 0 Å². The molecule has 0 aromatic carbocycles. The van der Waals surface area contributed by atoms with Gasteiger partial charge in [-0.2, -0.15) is 0 Å². The summed E-state index contributed by atoms with van der Waals surface area (Å²) in [6.07, 6.45) is 6.48. The Hall–Kier alpha value is -1.58. The highest BCUT2D eigenvalue weighted by Crippen LogP contribution is 2.14. The Kier molecular flexibility index (Phi) is 4.28. The molecule has 16 heavy (non-hydrogen) atoms. The normalized spacial score (nSPS) is 12.9.